The zero-order chi connectivity index (χ0) is 12.1. The molecule has 0 aliphatic carbocycles. The van der Waals surface area contributed by atoms with Crippen LogP contribution in [0.25, 0.3) is 0 Å². The molecular formula is C11H20N4O. The minimum atomic E-state index is -0.247. The lowest BCUT2D eigenvalue weighted by Crippen LogP contribution is -2.56. The molecule has 1 aliphatic heterocycles. The molecule has 0 aromatic heterocycles. The van der Waals surface area contributed by atoms with Crippen molar-refractivity contribution in [1.29, 1.82) is 5.26 Å². The maximum atomic E-state index is 11.9. The van der Waals surface area contributed by atoms with E-state index in [1.54, 1.807) is 11.9 Å². The van der Waals surface area contributed by atoms with E-state index in [2.05, 4.69) is 15.9 Å². The highest BCUT2D eigenvalue weighted by Crippen LogP contribution is 2.12. The maximum absolute atomic E-state index is 11.9. The number of hydrogen-bond donors (Lipinski definition) is 0. The summed E-state index contributed by atoms with van der Waals surface area (Å²) in [5.74, 6) is 0.0755. The van der Waals surface area contributed by atoms with Crippen molar-refractivity contribution in [3.63, 3.8) is 0 Å². The van der Waals surface area contributed by atoms with Crippen LogP contribution in [0.2, 0.25) is 0 Å². The van der Waals surface area contributed by atoms with Crippen molar-refractivity contribution >= 4 is 5.91 Å². The van der Waals surface area contributed by atoms with Crippen molar-refractivity contribution in [3.8, 4) is 6.07 Å². The zero-order valence-electron chi connectivity index (χ0n) is 10.3. The highest BCUT2D eigenvalue weighted by molar-refractivity contribution is 5.82. The van der Waals surface area contributed by atoms with Crippen LogP contribution in [-0.2, 0) is 4.79 Å². The number of rotatable bonds is 4. The molecule has 0 aromatic carbocycles. The number of hydrogen-bond acceptors (Lipinski definition) is 4. The number of carbonyl (C=O) groups is 1. The molecular weight excluding hydrogens is 204 g/mol. The zero-order valence-corrected chi connectivity index (χ0v) is 10.3. The van der Waals surface area contributed by atoms with Gasteiger partial charge in [0.1, 0.15) is 6.04 Å². The number of carbonyl (C=O) groups excluding carboxylic acids is 1. The Morgan fingerprint density at radius 2 is 2.19 bits per heavy atom. The van der Waals surface area contributed by atoms with Gasteiger partial charge < -0.3 is 9.80 Å². The summed E-state index contributed by atoms with van der Waals surface area (Å²) in [7, 11) is 5.82. The van der Waals surface area contributed by atoms with Crippen LogP contribution in [-0.4, -0.2) is 74.0 Å². The van der Waals surface area contributed by atoms with E-state index < -0.39 is 0 Å². The molecule has 1 aliphatic rings. The molecule has 90 valence electrons. The molecule has 0 saturated carbocycles. The predicted molar refractivity (Wildman–Crippen MR) is 61.8 cm³/mol. The fraction of sp³-hybridized carbons (Fsp3) is 0.818. The molecule has 16 heavy (non-hydrogen) atoms. The van der Waals surface area contributed by atoms with Gasteiger partial charge in [0.15, 0.2) is 0 Å². The number of amides is 1. The van der Waals surface area contributed by atoms with E-state index in [1.807, 2.05) is 14.1 Å². The first-order valence-corrected chi connectivity index (χ1v) is 5.57. The van der Waals surface area contributed by atoms with Gasteiger partial charge in [-0.15, -0.1) is 0 Å². The molecule has 1 unspecified atom stereocenters. The van der Waals surface area contributed by atoms with Gasteiger partial charge in [0.25, 0.3) is 0 Å². The van der Waals surface area contributed by atoms with E-state index in [0.29, 0.717) is 0 Å². The first kappa shape index (κ1) is 12.9. The second kappa shape index (κ2) is 5.83. The molecule has 0 N–H and O–H groups in total. The van der Waals surface area contributed by atoms with E-state index in [0.717, 1.165) is 26.2 Å². The van der Waals surface area contributed by atoms with Crippen LogP contribution in [0.3, 0.4) is 0 Å². The van der Waals surface area contributed by atoms with Crippen molar-refractivity contribution in [2.45, 2.75) is 12.5 Å². The molecule has 5 nitrogen and oxygen atoms in total. The molecule has 1 saturated heterocycles. The Morgan fingerprint density at radius 1 is 1.50 bits per heavy atom. The average molecular weight is 224 g/mol. The summed E-state index contributed by atoms with van der Waals surface area (Å²) in [4.78, 5) is 17.8. The molecule has 1 rings (SSSR count). The van der Waals surface area contributed by atoms with Crippen molar-refractivity contribution in [2.24, 2.45) is 0 Å². The van der Waals surface area contributed by atoms with Crippen LogP contribution in [0, 0.1) is 11.3 Å². The highest BCUT2D eigenvalue weighted by atomic mass is 16.2. The monoisotopic (exact) mass is 224 g/mol. The van der Waals surface area contributed by atoms with Crippen LogP contribution < -0.4 is 0 Å². The van der Waals surface area contributed by atoms with Crippen molar-refractivity contribution in [3.05, 3.63) is 0 Å². The number of likely N-dealkylation sites (N-methyl/N-ethyl adjacent to an activating group) is 2. The minimum absolute atomic E-state index is 0.0755. The van der Waals surface area contributed by atoms with E-state index in [9.17, 15) is 4.79 Å². The fourth-order valence-electron chi connectivity index (χ4n) is 1.85. The van der Waals surface area contributed by atoms with E-state index in [4.69, 9.17) is 5.26 Å². The summed E-state index contributed by atoms with van der Waals surface area (Å²) in [5, 5.41) is 8.76. The van der Waals surface area contributed by atoms with Gasteiger partial charge in [0.2, 0.25) is 5.91 Å². The van der Waals surface area contributed by atoms with E-state index in [1.165, 1.54) is 0 Å². The van der Waals surface area contributed by atoms with Crippen molar-refractivity contribution in [2.75, 3.05) is 47.3 Å². The first-order valence-electron chi connectivity index (χ1n) is 5.57. The summed E-state index contributed by atoms with van der Waals surface area (Å²) >= 11 is 0. The van der Waals surface area contributed by atoms with Crippen LogP contribution in [0.15, 0.2) is 0 Å². The number of nitriles is 1. The van der Waals surface area contributed by atoms with Crippen LogP contribution >= 0.6 is 0 Å². The minimum Gasteiger partial charge on any atom is -0.343 e. The van der Waals surface area contributed by atoms with E-state index in [-0.39, 0.29) is 18.4 Å². The van der Waals surface area contributed by atoms with Gasteiger partial charge in [-0.2, -0.15) is 5.26 Å². The van der Waals surface area contributed by atoms with Crippen LogP contribution in [0.4, 0.5) is 0 Å². The quantitative estimate of drug-likeness (QED) is 0.652. The molecule has 1 heterocycles. The van der Waals surface area contributed by atoms with Crippen molar-refractivity contribution in [1.82, 2.24) is 14.7 Å². The topological polar surface area (TPSA) is 50.6 Å². The molecule has 0 bridgehead atoms. The highest BCUT2D eigenvalue weighted by Gasteiger charge is 2.32. The Morgan fingerprint density at radius 3 is 2.75 bits per heavy atom. The Bertz CT molecular complexity index is 284. The Hall–Kier alpha value is -1.12. The van der Waals surface area contributed by atoms with Gasteiger partial charge in [-0.3, -0.25) is 9.69 Å². The molecule has 1 amide bonds. The third kappa shape index (κ3) is 3.19. The third-order valence-corrected chi connectivity index (χ3v) is 2.94. The number of nitrogens with zero attached hydrogens (tertiary/aromatic N) is 4. The van der Waals surface area contributed by atoms with Crippen molar-refractivity contribution < 1.29 is 4.79 Å². The molecule has 0 spiro atoms. The SMILES string of the molecule is CN(C)CCN1CCN(C)C(=O)C1CC#N. The Kier molecular flexibility index (Phi) is 4.71. The summed E-state index contributed by atoms with van der Waals surface area (Å²) in [6, 6.07) is 1.86. The predicted octanol–water partition coefficient (Wildman–Crippen LogP) is -0.396. The Balaban J connectivity index is 2.60. The lowest BCUT2D eigenvalue weighted by Gasteiger charge is -2.38. The normalized spacial score (nSPS) is 22.6. The Labute approximate surface area is 97.2 Å². The first-order chi connectivity index (χ1) is 7.56. The average Bonchev–Trinajstić information content (AvgIpc) is 2.24. The standard InChI is InChI=1S/C11H20N4O/c1-13(2)6-8-15-9-7-14(3)11(16)10(15)4-5-12/h10H,4,6-9H2,1-3H3. The van der Waals surface area contributed by atoms with Gasteiger partial charge in [0.05, 0.1) is 12.5 Å². The lowest BCUT2D eigenvalue weighted by molar-refractivity contribution is -0.140. The molecule has 1 fully saturated rings. The van der Waals surface area contributed by atoms with Gasteiger partial charge in [-0.25, -0.2) is 0 Å². The van der Waals surface area contributed by atoms with Gasteiger partial charge in [-0.05, 0) is 14.1 Å². The van der Waals surface area contributed by atoms with Gasteiger partial charge in [-0.1, -0.05) is 0 Å². The summed E-state index contributed by atoms with van der Waals surface area (Å²) in [5.41, 5.74) is 0. The maximum Gasteiger partial charge on any atom is 0.240 e. The lowest BCUT2D eigenvalue weighted by atomic mass is 10.1. The molecule has 0 radical (unpaired) electrons. The smallest absolute Gasteiger partial charge is 0.240 e. The van der Waals surface area contributed by atoms with Crippen LogP contribution in [0.5, 0.6) is 0 Å². The largest absolute Gasteiger partial charge is 0.343 e. The molecule has 5 heteroatoms. The summed E-state index contributed by atoms with van der Waals surface area (Å²) in [6.45, 7) is 3.38. The second-order valence-electron chi connectivity index (χ2n) is 4.48. The number of piperazine rings is 1. The fourth-order valence-corrected chi connectivity index (χ4v) is 1.85. The third-order valence-electron chi connectivity index (χ3n) is 2.94. The van der Waals surface area contributed by atoms with Gasteiger partial charge in [0, 0.05) is 33.2 Å². The molecule has 0 aromatic rings. The molecule has 1 atom stereocenters. The van der Waals surface area contributed by atoms with E-state index >= 15 is 0 Å². The second-order valence-corrected chi connectivity index (χ2v) is 4.48. The van der Waals surface area contributed by atoms with Crippen LogP contribution in [0.1, 0.15) is 6.42 Å². The van der Waals surface area contributed by atoms with Gasteiger partial charge >= 0.3 is 0 Å². The summed E-state index contributed by atoms with van der Waals surface area (Å²) < 4.78 is 0. The summed E-state index contributed by atoms with van der Waals surface area (Å²) in [6.07, 6.45) is 0.288.